The number of aromatic nitrogens is 2. The van der Waals surface area contributed by atoms with Crippen LogP contribution in [-0.4, -0.2) is 23.2 Å². The fraction of sp³-hybridized carbons (Fsp3) is 0.412. The maximum Gasteiger partial charge on any atom is 0.178 e. The second-order valence-corrected chi connectivity index (χ2v) is 6.37. The summed E-state index contributed by atoms with van der Waals surface area (Å²) in [5.74, 6) is 1.97. The van der Waals surface area contributed by atoms with E-state index in [-0.39, 0.29) is 11.6 Å². The Kier molecular flexibility index (Phi) is 2.52. The highest BCUT2D eigenvalue weighted by molar-refractivity contribution is 5.80. The number of para-hydroxylation sites is 1. The summed E-state index contributed by atoms with van der Waals surface area (Å²) in [4.78, 5) is 13.8. The molecule has 2 atom stereocenters. The van der Waals surface area contributed by atoms with E-state index >= 15 is 0 Å². The van der Waals surface area contributed by atoms with Crippen molar-refractivity contribution in [3.63, 3.8) is 0 Å². The average Bonchev–Trinajstić information content (AvgIpc) is 2.83. The van der Waals surface area contributed by atoms with Crippen LogP contribution in [0.25, 0.3) is 0 Å². The van der Waals surface area contributed by atoms with Crippen molar-refractivity contribution in [3.05, 3.63) is 42.2 Å². The van der Waals surface area contributed by atoms with E-state index in [1.165, 1.54) is 11.3 Å². The lowest BCUT2D eigenvalue weighted by Gasteiger charge is -2.48. The molecule has 1 aromatic heterocycles. The molecule has 0 fully saturated rings. The number of anilines is 3. The Labute approximate surface area is 125 Å². The fourth-order valence-corrected chi connectivity index (χ4v) is 3.90. The van der Waals surface area contributed by atoms with Gasteiger partial charge in [0.1, 0.15) is 6.17 Å². The van der Waals surface area contributed by atoms with E-state index in [9.17, 15) is 0 Å². The van der Waals surface area contributed by atoms with Gasteiger partial charge in [-0.05, 0) is 24.5 Å². The number of hydrogen-bond acceptors (Lipinski definition) is 4. The van der Waals surface area contributed by atoms with Crippen LogP contribution in [0, 0.1) is 5.41 Å². The summed E-state index contributed by atoms with van der Waals surface area (Å²) in [6.45, 7) is 4.66. The number of rotatable bonds is 1. The van der Waals surface area contributed by atoms with Crippen LogP contribution in [0.5, 0.6) is 0 Å². The van der Waals surface area contributed by atoms with Gasteiger partial charge in [0, 0.05) is 30.5 Å². The molecule has 3 heterocycles. The molecule has 2 aliphatic rings. The van der Waals surface area contributed by atoms with Crippen molar-refractivity contribution in [2.75, 3.05) is 16.8 Å². The van der Waals surface area contributed by atoms with Gasteiger partial charge in [-0.15, -0.1) is 0 Å². The Morgan fingerprint density at radius 1 is 1.19 bits per heavy atom. The predicted octanol–water partition coefficient (Wildman–Crippen LogP) is 3.36. The van der Waals surface area contributed by atoms with Crippen LogP contribution in [0.15, 0.2) is 36.7 Å². The summed E-state index contributed by atoms with van der Waals surface area (Å²) in [7, 11) is 2.14. The molecule has 21 heavy (non-hydrogen) atoms. The zero-order valence-corrected chi connectivity index (χ0v) is 12.7. The summed E-state index contributed by atoms with van der Waals surface area (Å²) in [6.07, 6.45) is 6.08. The average molecular weight is 280 g/mol. The van der Waals surface area contributed by atoms with Crippen molar-refractivity contribution in [2.24, 2.45) is 5.41 Å². The van der Waals surface area contributed by atoms with Crippen molar-refractivity contribution in [2.45, 2.75) is 32.9 Å². The first kappa shape index (κ1) is 12.6. The normalized spacial score (nSPS) is 26.3. The lowest BCUT2D eigenvalue weighted by Crippen LogP contribution is -2.54. The van der Waals surface area contributed by atoms with Crippen molar-refractivity contribution in [1.82, 2.24) is 9.97 Å². The number of fused-ring (bicyclic) bond motifs is 5. The van der Waals surface area contributed by atoms with Gasteiger partial charge < -0.3 is 9.80 Å². The zero-order chi connectivity index (χ0) is 14.6. The zero-order valence-electron chi connectivity index (χ0n) is 12.7. The van der Waals surface area contributed by atoms with Crippen molar-refractivity contribution in [1.29, 1.82) is 0 Å². The highest BCUT2D eigenvalue weighted by Gasteiger charge is 2.50. The van der Waals surface area contributed by atoms with Gasteiger partial charge in [0.05, 0.1) is 0 Å². The molecule has 4 nitrogen and oxygen atoms in total. The summed E-state index contributed by atoms with van der Waals surface area (Å²) in [5.41, 5.74) is 2.87. The van der Waals surface area contributed by atoms with Gasteiger partial charge in [-0.25, -0.2) is 9.97 Å². The van der Waals surface area contributed by atoms with Gasteiger partial charge in [0.2, 0.25) is 0 Å². The predicted molar refractivity (Wildman–Crippen MR) is 84.9 cm³/mol. The summed E-state index contributed by atoms with van der Waals surface area (Å²) in [6, 6.07) is 8.69. The Morgan fingerprint density at radius 2 is 1.90 bits per heavy atom. The quantitative estimate of drug-likeness (QED) is 0.801. The summed E-state index contributed by atoms with van der Waals surface area (Å²) >= 11 is 0. The molecule has 1 aromatic carbocycles. The maximum absolute atomic E-state index is 4.61. The highest BCUT2D eigenvalue weighted by atomic mass is 15.5. The standard InChI is InChI=1S/C17H20N4/c1-4-17(2)11-12-7-5-6-8-13(12)21-15-14(18-9-10-19-15)20(3)16(17)21/h5-10,16H,4,11H2,1-3H3. The van der Waals surface area contributed by atoms with Gasteiger partial charge >= 0.3 is 0 Å². The molecule has 0 aliphatic carbocycles. The van der Waals surface area contributed by atoms with E-state index in [2.05, 4.69) is 64.9 Å². The highest BCUT2D eigenvalue weighted by Crippen LogP contribution is 2.52. The molecule has 0 radical (unpaired) electrons. The lowest BCUT2D eigenvalue weighted by atomic mass is 9.74. The van der Waals surface area contributed by atoms with Crippen LogP contribution in [0.1, 0.15) is 25.8 Å². The monoisotopic (exact) mass is 280 g/mol. The van der Waals surface area contributed by atoms with E-state index in [0.717, 1.165) is 24.5 Å². The SMILES string of the molecule is CCC1(C)Cc2ccccc2N2c3nccnc3N(C)C21. The third-order valence-corrected chi connectivity index (χ3v) is 5.11. The van der Waals surface area contributed by atoms with Crippen LogP contribution in [0.2, 0.25) is 0 Å². The minimum Gasteiger partial charge on any atom is -0.335 e. The topological polar surface area (TPSA) is 32.3 Å². The molecule has 0 spiro atoms. The minimum absolute atomic E-state index is 0.186. The maximum atomic E-state index is 4.61. The first-order valence-corrected chi connectivity index (χ1v) is 7.57. The molecule has 2 aromatic rings. The second kappa shape index (κ2) is 4.20. The van der Waals surface area contributed by atoms with Gasteiger partial charge in [0.25, 0.3) is 0 Å². The molecule has 2 aliphatic heterocycles. The van der Waals surface area contributed by atoms with Crippen LogP contribution < -0.4 is 9.80 Å². The van der Waals surface area contributed by atoms with Gasteiger partial charge in [-0.2, -0.15) is 0 Å². The van der Waals surface area contributed by atoms with E-state index in [1.807, 2.05) is 0 Å². The molecule has 0 saturated heterocycles. The first-order valence-electron chi connectivity index (χ1n) is 7.57. The third-order valence-electron chi connectivity index (χ3n) is 5.11. The lowest BCUT2D eigenvalue weighted by molar-refractivity contribution is 0.232. The smallest absolute Gasteiger partial charge is 0.178 e. The fourth-order valence-electron chi connectivity index (χ4n) is 3.90. The van der Waals surface area contributed by atoms with Crippen LogP contribution in [0.4, 0.5) is 17.3 Å². The van der Waals surface area contributed by atoms with Crippen LogP contribution in [0.3, 0.4) is 0 Å². The van der Waals surface area contributed by atoms with Gasteiger partial charge in [-0.1, -0.05) is 32.0 Å². The summed E-state index contributed by atoms with van der Waals surface area (Å²) in [5, 5.41) is 0. The molecular formula is C17H20N4. The molecule has 0 saturated carbocycles. The molecule has 4 rings (SSSR count). The molecule has 0 amide bonds. The van der Waals surface area contributed by atoms with E-state index in [0.29, 0.717) is 0 Å². The molecule has 2 unspecified atom stereocenters. The van der Waals surface area contributed by atoms with Crippen molar-refractivity contribution >= 4 is 17.3 Å². The van der Waals surface area contributed by atoms with Gasteiger partial charge in [0.15, 0.2) is 11.6 Å². The number of hydrogen-bond donors (Lipinski definition) is 0. The third kappa shape index (κ3) is 1.56. The van der Waals surface area contributed by atoms with Crippen molar-refractivity contribution in [3.8, 4) is 0 Å². The Hall–Kier alpha value is -2.10. The van der Waals surface area contributed by atoms with Gasteiger partial charge in [-0.3, -0.25) is 0 Å². The largest absolute Gasteiger partial charge is 0.335 e. The summed E-state index contributed by atoms with van der Waals surface area (Å²) < 4.78 is 0. The van der Waals surface area contributed by atoms with Crippen molar-refractivity contribution < 1.29 is 0 Å². The van der Waals surface area contributed by atoms with Crippen LogP contribution >= 0.6 is 0 Å². The second-order valence-electron chi connectivity index (χ2n) is 6.37. The number of nitrogens with zero attached hydrogens (tertiary/aromatic N) is 4. The number of benzene rings is 1. The van der Waals surface area contributed by atoms with E-state index in [1.54, 1.807) is 12.4 Å². The molecule has 0 bridgehead atoms. The minimum atomic E-state index is 0.186. The van der Waals surface area contributed by atoms with Crippen LogP contribution in [-0.2, 0) is 6.42 Å². The Bertz CT molecular complexity index is 699. The molecular weight excluding hydrogens is 260 g/mol. The Balaban J connectivity index is 1.98. The van der Waals surface area contributed by atoms with E-state index in [4.69, 9.17) is 0 Å². The first-order chi connectivity index (χ1) is 10.2. The molecule has 108 valence electrons. The Morgan fingerprint density at radius 3 is 2.67 bits per heavy atom. The van der Waals surface area contributed by atoms with E-state index < -0.39 is 0 Å². The molecule has 0 N–H and O–H groups in total. The molecule has 4 heteroatoms.